The molecule has 9 heteroatoms. The van der Waals surface area contributed by atoms with E-state index in [0.717, 1.165) is 42.0 Å². The van der Waals surface area contributed by atoms with Crippen LogP contribution in [-0.2, 0) is 34.3 Å². The second-order valence-corrected chi connectivity index (χ2v) is 10.2. The first-order valence-corrected chi connectivity index (χ1v) is 13.8. The zero-order valence-electron chi connectivity index (χ0n) is 21.4. The van der Waals surface area contributed by atoms with E-state index in [2.05, 4.69) is 17.1 Å². The van der Waals surface area contributed by atoms with Crippen LogP contribution in [0.3, 0.4) is 0 Å². The quantitative estimate of drug-likeness (QED) is 0.252. The molecule has 1 N–H and O–H groups in total. The normalized spacial score (nSPS) is 12.6. The largest absolute Gasteiger partial charge is 0.497 e. The molecular formula is C29H31N3O5S. The van der Waals surface area contributed by atoms with Gasteiger partial charge in [0, 0.05) is 12.0 Å². The van der Waals surface area contributed by atoms with E-state index in [9.17, 15) is 14.1 Å². The fourth-order valence-corrected chi connectivity index (χ4v) is 5.16. The topological polar surface area (TPSA) is 104 Å². The number of aliphatic carboxylic acids is 1. The first-order valence-electron chi connectivity index (χ1n) is 12.4. The Labute approximate surface area is 224 Å². The predicted molar refractivity (Wildman–Crippen MR) is 145 cm³/mol. The Morgan fingerprint density at radius 2 is 1.61 bits per heavy atom. The van der Waals surface area contributed by atoms with Gasteiger partial charge in [-0.3, -0.25) is 8.78 Å². The number of methoxy groups -OCH3 is 1. The molecular weight excluding hydrogens is 502 g/mol. The summed E-state index contributed by atoms with van der Waals surface area (Å²) in [5, 5.41) is 18.7. The molecule has 0 saturated heterocycles. The van der Waals surface area contributed by atoms with Gasteiger partial charge in [0.2, 0.25) is 11.3 Å². The Balaban J connectivity index is 1.52. The van der Waals surface area contributed by atoms with Crippen LogP contribution in [0, 0.1) is 0 Å². The van der Waals surface area contributed by atoms with Crippen molar-refractivity contribution in [2.45, 2.75) is 49.7 Å². The number of hydrogen-bond donors (Lipinski definition) is 1. The minimum Gasteiger partial charge on any atom is -0.497 e. The summed E-state index contributed by atoms with van der Waals surface area (Å²) in [6.07, 6.45) is 1.59. The fourth-order valence-electron chi connectivity index (χ4n) is 3.98. The molecule has 4 aromatic rings. The molecule has 0 spiro atoms. The van der Waals surface area contributed by atoms with Gasteiger partial charge in [-0.1, -0.05) is 67.9 Å². The molecule has 38 heavy (non-hydrogen) atoms. The summed E-state index contributed by atoms with van der Waals surface area (Å²) in [5.41, 5.74) is 2.42. The molecule has 0 amide bonds. The smallest absolute Gasteiger partial charge is 0.349 e. The van der Waals surface area contributed by atoms with Crippen molar-refractivity contribution in [3.8, 4) is 11.5 Å². The molecule has 2 atom stereocenters. The van der Waals surface area contributed by atoms with Gasteiger partial charge in [-0.25, -0.2) is 4.79 Å². The minimum absolute atomic E-state index is 0.318. The van der Waals surface area contributed by atoms with E-state index in [1.807, 2.05) is 47.0 Å². The lowest BCUT2D eigenvalue weighted by atomic mass is 10.1. The first kappa shape index (κ1) is 27.1. The highest BCUT2D eigenvalue weighted by Crippen LogP contribution is 2.24. The SMILES string of the molecule is CCCCc1nnc(S(=O)Cc2ccc(OC)cc2)n1Cc1ccc(OC(C(=O)O)c2ccccc2)cc1. The number of carbonyl (C=O) groups is 1. The number of carboxylic acid groups (broad SMARTS) is 1. The van der Waals surface area contributed by atoms with Crippen molar-refractivity contribution >= 4 is 16.8 Å². The summed E-state index contributed by atoms with van der Waals surface area (Å²) in [6, 6.07) is 23.6. The molecule has 2 unspecified atom stereocenters. The Morgan fingerprint density at radius 3 is 2.24 bits per heavy atom. The lowest BCUT2D eigenvalue weighted by Gasteiger charge is -2.16. The van der Waals surface area contributed by atoms with Crippen LogP contribution in [0.5, 0.6) is 11.5 Å². The van der Waals surface area contributed by atoms with E-state index < -0.39 is 22.9 Å². The van der Waals surface area contributed by atoms with Gasteiger partial charge in [0.15, 0.2) is 0 Å². The van der Waals surface area contributed by atoms with Crippen LogP contribution in [0.4, 0.5) is 0 Å². The number of unbranched alkanes of at least 4 members (excludes halogenated alkanes) is 1. The number of nitrogens with zero attached hydrogens (tertiary/aromatic N) is 3. The average Bonchev–Trinajstić information content (AvgIpc) is 3.34. The molecule has 0 bridgehead atoms. The van der Waals surface area contributed by atoms with E-state index in [1.54, 1.807) is 43.5 Å². The molecule has 0 aliphatic heterocycles. The second-order valence-electron chi connectivity index (χ2n) is 8.82. The monoisotopic (exact) mass is 533 g/mol. The van der Waals surface area contributed by atoms with Gasteiger partial charge in [-0.15, -0.1) is 10.2 Å². The number of hydrogen-bond acceptors (Lipinski definition) is 6. The Morgan fingerprint density at radius 1 is 0.947 bits per heavy atom. The van der Waals surface area contributed by atoms with E-state index >= 15 is 0 Å². The van der Waals surface area contributed by atoms with Crippen molar-refractivity contribution in [1.29, 1.82) is 0 Å². The van der Waals surface area contributed by atoms with Crippen LogP contribution in [0.1, 0.15) is 48.4 Å². The fraction of sp³-hybridized carbons (Fsp3) is 0.276. The van der Waals surface area contributed by atoms with Gasteiger partial charge in [-0.2, -0.15) is 0 Å². The summed E-state index contributed by atoms with van der Waals surface area (Å²) in [6.45, 7) is 2.55. The molecule has 0 saturated carbocycles. The Kier molecular flexibility index (Phi) is 9.26. The van der Waals surface area contributed by atoms with Crippen LogP contribution in [-0.4, -0.2) is 37.2 Å². The average molecular weight is 534 g/mol. The molecule has 4 rings (SSSR count). The van der Waals surface area contributed by atoms with Crippen molar-refractivity contribution in [3.63, 3.8) is 0 Å². The van der Waals surface area contributed by atoms with Crippen LogP contribution >= 0.6 is 0 Å². The minimum atomic E-state index is -1.39. The highest BCUT2D eigenvalue weighted by atomic mass is 32.2. The third kappa shape index (κ3) is 6.86. The third-order valence-corrected chi connectivity index (χ3v) is 7.36. The lowest BCUT2D eigenvalue weighted by molar-refractivity contribution is -0.145. The molecule has 1 heterocycles. The summed E-state index contributed by atoms with van der Waals surface area (Å²) in [5.74, 6) is 1.24. The Hall–Kier alpha value is -3.98. The number of rotatable bonds is 13. The van der Waals surface area contributed by atoms with Gasteiger partial charge in [0.1, 0.15) is 17.3 Å². The summed E-state index contributed by atoms with van der Waals surface area (Å²) in [7, 11) is 0.218. The van der Waals surface area contributed by atoms with Gasteiger partial charge < -0.3 is 14.6 Å². The highest BCUT2D eigenvalue weighted by Gasteiger charge is 2.22. The van der Waals surface area contributed by atoms with Crippen molar-refractivity contribution in [2.75, 3.05) is 7.11 Å². The molecule has 3 aromatic carbocycles. The van der Waals surface area contributed by atoms with E-state index in [-0.39, 0.29) is 0 Å². The maximum atomic E-state index is 13.3. The van der Waals surface area contributed by atoms with Gasteiger partial charge >= 0.3 is 5.97 Å². The van der Waals surface area contributed by atoms with Crippen molar-refractivity contribution in [2.24, 2.45) is 0 Å². The third-order valence-electron chi connectivity index (χ3n) is 6.05. The summed E-state index contributed by atoms with van der Waals surface area (Å²) in [4.78, 5) is 11.8. The van der Waals surface area contributed by atoms with Crippen molar-refractivity contribution in [3.05, 3.63) is 101 Å². The molecule has 1 aromatic heterocycles. The number of ether oxygens (including phenoxy) is 2. The molecule has 0 radical (unpaired) electrons. The van der Waals surface area contributed by atoms with Crippen LogP contribution in [0.25, 0.3) is 0 Å². The standard InChI is InChI=1S/C29H31N3O5S/c1-3-4-10-26-30-31-29(38(35)20-22-13-15-24(36-2)16-14-22)32(26)19-21-11-17-25(18-12-21)37-27(28(33)34)23-8-6-5-7-9-23/h5-9,11-18,27H,3-4,10,19-20H2,1-2H3,(H,33,34). The van der Waals surface area contributed by atoms with Crippen molar-refractivity contribution in [1.82, 2.24) is 14.8 Å². The summed E-state index contributed by atoms with van der Waals surface area (Å²) >= 11 is 0. The highest BCUT2D eigenvalue weighted by molar-refractivity contribution is 7.84. The first-order chi connectivity index (χ1) is 18.5. The molecule has 198 valence electrons. The van der Waals surface area contributed by atoms with Crippen LogP contribution in [0.15, 0.2) is 84.0 Å². The number of aryl methyl sites for hydroxylation is 1. The molecule has 0 aliphatic rings. The van der Waals surface area contributed by atoms with E-state index in [0.29, 0.717) is 28.8 Å². The van der Waals surface area contributed by atoms with Crippen LogP contribution < -0.4 is 9.47 Å². The van der Waals surface area contributed by atoms with E-state index in [4.69, 9.17) is 9.47 Å². The number of carboxylic acids is 1. The van der Waals surface area contributed by atoms with Crippen molar-refractivity contribution < 1.29 is 23.6 Å². The molecule has 0 fully saturated rings. The maximum absolute atomic E-state index is 13.3. The van der Waals surface area contributed by atoms with Gasteiger partial charge in [0.05, 0.1) is 30.2 Å². The molecule has 0 aliphatic carbocycles. The lowest BCUT2D eigenvalue weighted by Crippen LogP contribution is -2.18. The van der Waals surface area contributed by atoms with Gasteiger partial charge in [0.25, 0.3) is 0 Å². The van der Waals surface area contributed by atoms with E-state index in [1.165, 1.54) is 0 Å². The zero-order chi connectivity index (χ0) is 26.9. The number of benzene rings is 3. The molecule has 8 nitrogen and oxygen atoms in total. The van der Waals surface area contributed by atoms with Gasteiger partial charge in [-0.05, 0) is 41.8 Å². The number of aromatic nitrogens is 3. The second kappa shape index (κ2) is 13.0. The van der Waals surface area contributed by atoms with Crippen LogP contribution in [0.2, 0.25) is 0 Å². The Bertz CT molecular complexity index is 1360. The maximum Gasteiger partial charge on any atom is 0.349 e. The summed E-state index contributed by atoms with van der Waals surface area (Å²) < 4.78 is 26.2. The predicted octanol–water partition coefficient (Wildman–Crippen LogP) is 5.19. The zero-order valence-corrected chi connectivity index (χ0v) is 22.3.